The molecular weight excluding hydrogens is 620 g/mol. The van der Waals surface area contributed by atoms with Crippen LogP contribution >= 0.6 is 0 Å². The highest BCUT2D eigenvalue weighted by Gasteiger charge is 2.30. The maximum absolute atomic E-state index is 13.8. The van der Waals surface area contributed by atoms with Gasteiger partial charge in [-0.2, -0.15) is 0 Å². The predicted octanol–water partition coefficient (Wildman–Crippen LogP) is 13.4. The van der Waals surface area contributed by atoms with Crippen LogP contribution in [0.15, 0.2) is 92.2 Å². The average Bonchev–Trinajstić information content (AvgIpc) is 3.57. The number of anilines is 1. The monoisotopic (exact) mass is 682 g/mol. The molecule has 4 rings (SSSR count). The fraction of sp³-hybridized carbons (Fsp3) is 0.488. The minimum absolute atomic E-state index is 0.0341. The average molecular weight is 683 g/mol. The number of rotatable bonds is 13. The van der Waals surface area contributed by atoms with Crippen molar-refractivity contribution in [1.29, 1.82) is 0 Å². The lowest BCUT2D eigenvalue weighted by atomic mass is 9.81. The molecule has 0 bridgehead atoms. The van der Waals surface area contributed by atoms with Gasteiger partial charge in [-0.25, -0.2) is 17.6 Å². The predicted molar refractivity (Wildman–Crippen MR) is 205 cm³/mol. The van der Waals surface area contributed by atoms with Crippen LogP contribution < -0.4 is 10.6 Å². The molecule has 1 aliphatic rings. The van der Waals surface area contributed by atoms with Gasteiger partial charge < -0.3 is 10.6 Å². The maximum Gasteiger partial charge on any atom is 0.270 e. The molecule has 1 unspecified atom stereocenters. The molecule has 1 fully saturated rings. The molecule has 1 atom stereocenters. The van der Waals surface area contributed by atoms with Crippen LogP contribution in [0.25, 0.3) is 11.1 Å². The maximum atomic E-state index is 13.8. The van der Waals surface area contributed by atoms with E-state index in [0.717, 1.165) is 61.0 Å². The first-order valence-electron chi connectivity index (χ1n) is 17.8. The van der Waals surface area contributed by atoms with E-state index in [4.69, 9.17) is 0 Å². The van der Waals surface area contributed by atoms with E-state index in [0.29, 0.717) is 6.54 Å². The molecule has 2 N–H and O–H groups in total. The van der Waals surface area contributed by atoms with Crippen molar-refractivity contribution in [2.45, 2.75) is 117 Å². The highest BCUT2D eigenvalue weighted by Crippen LogP contribution is 2.35. The molecule has 3 aromatic rings. The van der Waals surface area contributed by atoms with E-state index in [1.807, 2.05) is 18.2 Å². The van der Waals surface area contributed by atoms with Gasteiger partial charge in [-0.15, -0.1) is 13.2 Å². The number of halogens is 4. The summed E-state index contributed by atoms with van der Waals surface area (Å²) >= 11 is 0. The molecule has 3 aromatic carbocycles. The van der Waals surface area contributed by atoms with E-state index in [1.54, 1.807) is 12.1 Å². The minimum Gasteiger partial charge on any atom is -0.358 e. The van der Waals surface area contributed by atoms with Crippen molar-refractivity contribution >= 4 is 5.69 Å². The normalized spacial score (nSPS) is 13.5. The van der Waals surface area contributed by atoms with E-state index >= 15 is 0 Å². The number of hydrogen-bond acceptors (Lipinski definition) is 2. The van der Waals surface area contributed by atoms with Crippen LogP contribution in [0.2, 0.25) is 0 Å². The van der Waals surface area contributed by atoms with Crippen molar-refractivity contribution in [3.63, 3.8) is 0 Å². The highest BCUT2D eigenvalue weighted by atomic mass is 19.3. The van der Waals surface area contributed by atoms with Crippen LogP contribution in [0.3, 0.4) is 0 Å². The molecule has 0 saturated heterocycles. The van der Waals surface area contributed by atoms with Crippen LogP contribution in [0, 0.1) is 19.8 Å². The first-order valence-corrected chi connectivity index (χ1v) is 17.8. The zero-order chi connectivity index (χ0) is 37.0. The number of alkyl halides is 4. The van der Waals surface area contributed by atoms with Crippen LogP contribution in [0.1, 0.15) is 108 Å². The second-order valence-electron chi connectivity index (χ2n) is 13.3. The molecule has 6 heteroatoms. The molecule has 0 spiro atoms. The van der Waals surface area contributed by atoms with Gasteiger partial charge >= 0.3 is 0 Å². The van der Waals surface area contributed by atoms with Gasteiger partial charge in [0.2, 0.25) is 0 Å². The fourth-order valence-electron chi connectivity index (χ4n) is 5.97. The van der Waals surface area contributed by atoms with Crippen molar-refractivity contribution in [1.82, 2.24) is 5.32 Å². The summed E-state index contributed by atoms with van der Waals surface area (Å²) in [6.45, 7) is 23.1. The third-order valence-electron chi connectivity index (χ3n) is 8.82. The molecule has 0 radical (unpaired) electrons. The van der Waals surface area contributed by atoms with Crippen molar-refractivity contribution in [3.05, 3.63) is 114 Å². The quantitative estimate of drug-likeness (QED) is 0.138. The second-order valence-corrected chi connectivity index (χ2v) is 13.3. The summed E-state index contributed by atoms with van der Waals surface area (Å²) in [7, 11) is 0. The van der Waals surface area contributed by atoms with E-state index in [2.05, 4.69) is 95.3 Å². The molecule has 272 valence electrons. The number of aryl methyl sites for hydroxylation is 2. The summed E-state index contributed by atoms with van der Waals surface area (Å²) in [6, 6.07) is 21.4. The Morgan fingerprint density at radius 3 is 1.88 bits per heavy atom. The largest absolute Gasteiger partial charge is 0.358 e. The summed E-state index contributed by atoms with van der Waals surface area (Å²) in [4.78, 5) is 0. The van der Waals surface area contributed by atoms with Crippen molar-refractivity contribution < 1.29 is 17.6 Å². The smallest absolute Gasteiger partial charge is 0.270 e. The van der Waals surface area contributed by atoms with Gasteiger partial charge in [0.1, 0.15) is 12.8 Å². The van der Waals surface area contributed by atoms with E-state index in [1.165, 1.54) is 55.4 Å². The topological polar surface area (TPSA) is 24.1 Å². The van der Waals surface area contributed by atoms with Crippen LogP contribution in [0.4, 0.5) is 23.2 Å². The first kappa shape index (κ1) is 43.6. The molecule has 0 amide bonds. The zero-order valence-electron chi connectivity index (χ0n) is 31.2. The molecule has 1 aliphatic carbocycles. The summed E-state index contributed by atoms with van der Waals surface area (Å²) in [5.41, 5.74) is 7.29. The van der Waals surface area contributed by atoms with Crippen LogP contribution in [0.5, 0.6) is 0 Å². The zero-order valence-corrected chi connectivity index (χ0v) is 31.2. The third-order valence-corrected chi connectivity index (χ3v) is 8.82. The highest BCUT2D eigenvalue weighted by molar-refractivity contribution is 5.65. The van der Waals surface area contributed by atoms with Gasteiger partial charge in [0.05, 0.1) is 0 Å². The van der Waals surface area contributed by atoms with Crippen LogP contribution in [-0.4, -0.2) is 19.4 Å². The Balaban J connectivity index is 0.000000778. The van der Waals surface area contributed by atoms with Gasteiger partial charge in [-0.1, -0.05) is 114 Å². The molecule has 0 aromatic heterocycles. The summed E-state index contributed by atoms with van der Waals surface area (Å²) in [5, 5.41) is 7.27. The SMILES string of the molecule is C=C.C=C(CNC(CCC)(CCC)c1ccc(-c2cccc(C(C)(F)F)c2)cc1)Nc1ccc(C)c(C)c1.CC(F)CF.CC1CCCC1. The molecular formula is C43H62F4N2. The molecule has 0 aliphatic heterocycles. The van der Waals surface area contributed by atoms with E-state index < -0.39 is 18.8 Å². The molecule has 1 saturated carbocycles. The summed E-state index contributed by atoms with van der Waals surface area (Å²) in [6.07, 6.45) is 8.74. The van der Waals surface area contributed by atoms with E-state index in [-0.39, 0.29) is 11.1 Å². The Kier molecular flexibility index (Phi) is 19.9. The summed E-state index contributed by atoms with van der Waals surface area (Å²) in [5.74, 6) is -1.81. The van der Waals surface area contributed by atoms with Crippen molar-refractivity contribution in [2.75, 3.05) is 18.5 Å². The number of nitrogens with one attached hydrogen (secondary N) is 2. The lowest BCUT2D eigenvalue weighted by molar-refractivity contribution is 0.0175. The van der Waals surface area contributed by atoms with Crippen molar-refractivity contribution in [3.8, 4) is 11.1 Å². The Labute approximate surface area is 295 Å². The van der Waals surface area contributed by atoms with Gasteiger partial charge in [0, 0.05) is 36.0 Å². The molecule has 2 nitrogen and oxygen atoms in total. The second kappa shape index (κ2) is 22.4. The fourth-order valence-corrected chi connectivity index (χ4v) is 5.97. The number of hydrogen-bond donors (Lipinski definition) is 2. The van der Waals surface area contributed by atoms with Gasteiger partial charge in [0.25, 0.3) is 5.92 Å². The Morgan fingerprint density at radius 2 is 1.43 bits per heavy atom. The lowest BCUT2D eigenvalue weighted by Crippen LogP contribution is -2.43. The lowest BCUT2D eigenvalue weighted by Gasteiger charge is -2.36. The number of benzene rings is 3. The molecule has 0 heterocycles. The van der Waals surface area contributed by atoms with Gasteiger partial charge in [-0.3, -0.25) is 0 Å². The van der Waals surface area contributed by atoms with Gasteiger partial charge in [0.15, 0.2) is 0 Å². The first-order chi connectivity index (χ1) is 23.2. The minimum atomic E-state index is -2.86. The Morgan fingerprint density at radius 1 is 0.857 bits per heavy atom. The Hall–Kier alpha value is -3.38. The van der Waals surface area contributed by atoms with Gasteiger partial charge in [-0.05, 0) is 85.5 Å². The van der Waals surface area contributed by atoms with Crippen molar-refractivity contribution in [2.24, 2.45) is 5.92 Å². The van der Waals surface area contributed by atoms with Crippen LogP contribution in [-0.2, 0) is 11.5 Å². The molecule has 49 heavy (non-hydrogen) atoms. The Bertz CT molecular complexity index is 1350. The van der Waals surface area contributed by atoms with E-state index in [9.17, 15) is 17.6 Å². The third kappa shape index (κ3) is 15.4. The standard InChI is InChI=1S/C32H40F2N2.C6H12.C3H6F2.C2H4/c1-7-18-32(19-8-2,35-22-25(5)36-30-17-12-23(3)24(4)20-30)28-15-13-26(14-16-28)27-10-9-11-29(21-27)31(6,33)34;1-6-4-2-3-5-6;1-3(5)2-4;1-2/h9-17,20-21,35-36H,5,7-8,18-19,22H2,1-4,6H3;6H,2-5H2,1H3;3H,2H2,1H3;1-2H2. The summed E-state index contributed by atoms with van der Waals surface area (Å²) < 4.78 is 49.5.